The Kier molecular flexibility index (Phi) is 4.79. The molecule has 2 aromatic heterocycles. The van der Waals surface area contributed by atoms with Gasteiger partial charge in [0.2, 0.25) is 23.5 Å². The van der Waals surface area contributed by atoms with Crippen LogP contribution in [0.4, 0.5) is 5.69 Å². The number of hydrogen-bond donors (Lipinski definition) is 2. The fourth-order valence-corrected chi connectivity index (χ4v) is 2.14. The molecular weight excluding hydrogens is 322 g/mol. The summed E-state index contributed by atoms with van der Waals surface area (Å²) in [6, 6.07) is 9.89. The van der Waals surface area contributed by atoms with Crippen molar-refractivity contribution < 1.29 is 14.1 Å². The maximum Gasteiger partial charge on any atom is 0.248 e. The molecule has 0 fully saturated rings. The summed E-state index contributed by atoms with van der Waals surface area (Å²) in [4.78, 5) is 31.2. The number of rotatable bonds is 6. The van der Waals surface area contributed by atoms with Crippen molar-refractivity contribution in [2.45, 2.75) is 12.8 Å². The molecule has 1 aromatic carbocycles. The molecule has 0 saturated carbocycles. The lowest BCUT2D eigenvalue weighted by Crippen LogP contribution is -2.13. The number of nitrogens with two attached hydrogens (primary N) is 1. The first-order valence-electron chi connectivity index (χ1n) is 7.54. The van der Waals surface area contributed by atoms with Crippen LogP contribution < -0.4 is 11.1 Å². The molecular formula is C17H15N5O3. The zero-order chi connectivity index (χ0) is 17.6. The molecule has 3 rings (SSSR count). The topological polar surface area (TPSA) is 124 Å². The molecule has 25 heavy (non-hydrogen) atoms. The van der Waals surface area contributed by atoms with Crippen molar-refractivity contribution in [2.24, 2.45) is 5.73 Å². The van der Waals surface area contributed by atoms with Gasteiger partial charge in [0, 0.05) is 42.0 Å². The summed E-state index contributed by atoms with van der Waals surface area (Å²) >= 11 is 0. The van der Waals surface area contributed by atoms with Crippen LogP contribution in [0.1, 0.15) is 22.7 Å². The number of carbonyl (C=O) groups is 2. The van der Waals surface area contributed by atoms with Crippen LogP contribution in [0.15, 0.2) is 53.3 Å². The summed E-state index contributed by atoms with van der Waals surface area (Å²) in [7, 11) is 0. The average molecular weight is 337 g/mol. The van der Waals surface area contributed by atoms with E-state index in [4.69, 9.17) is 10.3 Å². The van der Waals surface area contributed by atoms with E-state index in [1.54, 1.807) is 48.8 Å². The molecule has 0 spiro atoms. The van der Waals surface area contributed by atoms with Crippen molar-refractivity contribution in [3.8, 4) is 11.4 Å². The summed E-state index contributed by atoms with van der Waals surface area (Å²) < 4.78 is 5.15. The Labute approximate surface area is 143 Å². The van der Waals surface area contributed by atoms with Gasteiger partial charge >= 0.3 is 0 Å². The molecule has 126 valence electrons. The average Bonchev–Trinajstić information content (AvgIpc) is 3.10. The number of pyridine rings is 1. The minimum absolute atomic E-state index is 0.190. The van der Waals surface area contributed by atoms with Gasteiger partial charge in [0.1, 0.15) is 0 Å². The van der Waals surface area contributed by atoms with Crippen LogP contribution in [-0.4, -0.2) is 26.9 Å². The van der Waals surface area contributed by atoms with Crippen LogP contribution in [0.3, 0.4) is 0 Å². The van der Waals surface area contributed by atoms with Crippen molar-refractivity contribution in [3.63, 3.8) is 0 Å². The monoisotopic (exact) mass is 337 g/mol. The number of carbonyl (C=O) groups excluding carboxylic acids is 2. The van der Waals surface area contributed by atoms with Gasteiger partial charge in [0.05, 0.1) is 0 Å². The molecule has 3 N–H and O–H groups in total. The van der Waals surface area contributed by atoms with Crippen LogP contribution in [0.5, 0.6) is 0 Å². The van der Waals surface area contributed by atoms with Crippen molar-refractivity contribution in [2.75, 3.05) is 5.32 Å². The Morgan fingerprint density at radius 3 is 2.48 bits per heavy atom. The highest BCUT2D eigenvalue weighted by Gasteiger charge is 2.11. The summed E-state index contributed by atoms with van der Waals surface area (Å²) in [5.41, 5.74) is 6.93. The van der Waals surface area contributed by atoms with Gasteiger partial charge in [0.15, 0.2) is 0 Å². The molecule has 8 nitrogen and oxygen atoms in total. The van der Waals surface area contributed by atoms with Crippen molar-refractivity contribution in [1.82, 2.24) is 15.1 Å². The van der Waals surface area contributed by atoms with E-state index >= 15 is 0 Å². The number of amides is 2. The van der Waals surface area contributed by atoms with E-state index in [0.29, 0.717) is 29.4 Å². The Hall–Kier alpha value is -3.55. The third-order valence-corrected chi connectivity index (χ3v) is 3.43. The predicted molar refractivity (Wildman–Crippen MR) is 89.4 cm³/mol. The maximum absolute atomic E-state index is 12.0. The van der Waals surface area contributed by atoms with E-state index in [1.807, 2.05) is 0 Å². The molecule has 0 atom stereocenters. The number of nitrogens with one attached hydrogen (secondary N) is 1. The van der Waals surface area contributed by atoms with Gasteiger partial charge in [-0.1, -0.05) is 5.16 Å². The minimum Gasteiger partial charge on any atom is -0.366 e. The third kappa shape index (κ3) is 4.25. The smallest absolute Gasteiger partial charge is 0.248 e. The lowest BCUT2D eigenvalue weighted by Gasteiger charge is -2.04. The fourth-order valence-electron chi connectivity index (χ4n) is 2.14. The van der Waals surface area contributed by atoms with Crippen LogP contribution in [-0.2, 0) is 11.2 Å². The van der Waals surface area contributed by atoms with Crippen LogP contribution in [0.25, 0.3) is 11.4 Å². The molecule has 2 heterocycles. The van der Waals surface area contributed by atoms with Crippen LogP contribution >= 0.6 is 0 Å². The second-order valence-electron chi connectivity index (χ2n) is 5.24. The molecule has 2 amide bonds. The molecule has 8 heteroatoms. The summed E-state index contributed by atoms with van der Waals surface area (Å²) in [5.74, 6) is 0.126. The highest BCUT2D eigenvalue weighted by Crippen LogP contribution is 2.15. The highest BCUT2D eigenvalue weighted by atomic mass is 16.5. The number of nitrogens with zero attached hydrogens (tertiary/aromatic N) is 3. The Morgan fingerprint density at radius 1 is 1.08 bits per heavy atom. The standard InChI is InChI=1S/C17H15N5O3/c18-16(24)11-1-3-13(4-2-11)20-14(23)5-6-15-21-17(22-25-15)12-7-9-19-10-8-12/h1-4,7-10H,5-6H2,(H2,18,24)(H,20,23). The first kappa shape index (κ1) is 16.3. The SMILES string of the molecule is NC(=O)c1ccc(NC(=O)CCc2nc(-c3ccncc3)no2)cc1. The van der Waals surface area contributed by atoms with Gasteiger partial charge in [-0.2, -0.15) is 4.98 Å². The zero-order valence-electron chi connectivity index (χ0n) is 13.2. The number of anilines is 1. The van der Waals surface area contributed by atoms with Crippen molar-refractivity contribution in [3.05, 3.63) is 60.2 Å². The third-order valence-electron chi connectivity index (χ3n) is 3.43. The van der Waals surface area contributed by atoms with E-state index in [-0.39, 0.29) is 12.3 Å². The molecule has 0 bridgehead atoms. The summed E-state index contributed by atoms with van der Waals surface area (Å²) in [6.45, 7) is 0. The largest absolute Gasteiger partial charge is 0.366 e. The number of aryl methyl sites for hydroxylation is 1. The van der Waals surface area contributed by atoms with Gasteiger partial charge < -0.3 is 15.6 Å². The highest BCUT2D eigenvalue weighted by molar-refractivity contribution is 5.94. The van der Waals surface area contributed by atoms with Gasteiger partial charge in [-0.3, -0.25) is 14.6 Å². The molecule has 0 saturated heterocycles. The van der Waals surface area contributed by atoms with E-state index in [2.05, 4.69) is 20.4 Å². The Morgan fingerprint density at radius 2 is 1.80 bits per heavy atom. The number of hydrogen-bond acceptors (Lipinski definition) is 6. The van der Waals surface area contributed by atoms with Gasteiger partial charge in [-0.25, -0.2) is 0 Å². The van der Waals surface area contributed by atoms with E-state index in [9.17, 15) is 9.59 Å². The maximum atomic E-state index is 12.0. The minimum atomic E-state index is -0.515. The summed E-state index contributed by atoms with van der Waals surface area (Å²) in [5, 5.41) is 6.61. The van der Waals surface area contributed by atoms with E-state index < -0.39 is 5.91 Å². The lowest BCUT2D eigenvalue weighted by atomic mass is 10.2. The van der Waals surface area contributed by atoms with Gasteiger partial charge in [-0.15, -0.1) is 0 Å². The summed E-state index contributed by atoms with van der Waals surface area (Å²) in [6.07, 6.45) is 3.80. The number of primary amides is 1. The molecule has 0 radical (unpaired) electrons. The normalized spacial score (nSPS) is 10.4. The molecule has 0 unspecified atom stereocenters. The quantitative estimate of drug-likeness (QED) is 0.707. The Bertz CT molecular complexity index is 875. The van der Waals surface area contributed by atoms with Crippen molar-refractivity contribution in [1.29, 1.82) is 0 Å². The second kappa shape index (κ2) is 7.35. The number of aromatic nitrogens is 3. The second-order valence-corrected chi connectivity index (χ2v) is 5.24. The van der Waals surface area contributed by atoms with Gasteiger partial charge in [0.25, 0.3) is 0 Å². The first-order valence-corrected chi connectivity index (χ1v) is 7.54. The zero-order valence-corrected chi connectivity index (χ0v) is 13.2. The molecule has 3 aromatic rings. The van der Waals surface area contributed by atoms with E-state index in [0.717, 1.165) is 5.56 Å². The number of benzene rings is 1. The lowest BCUT2D eigenvalue weighted by molar-refractivity contribution is -0.116. The predicted octanol–water partition coefficient (Wildman–Crippen LogP) is 1.80. The molecule has 0 aliphatic heterocycles. The molecule has 0 aliphatic rings. The van der Waals surface area contributed by atoms with E-state index in [1.165, 1.54) is 0 Å². The molecule has 0 aliphatic carbocycles. The first-order chi connectivity index (χ1) is 12.1. The van der Waals surface area contributed by atoms with Gasteiger partial charge in [-0.05, 0) is 36.4 Å². The van der Waals surface area contributed by atoms with Crippen LogP contribution in [0.2, 0.25) is 0 Å². The fraction of sp³-hybridized carbons (Fsp3) is 0.118. The van der Waals surface area contributed by atoms with Crippen molar-refractivity contribution >= 4 is 17.5 Å². The Balaban J connectivity index is 1.54. The van der Waals surface area contributed by atoms with Crippen LogP contribution in [0, 0.1) is 0 Å².